The molecule has 0 saturated heterocycles. The highest BCUT2D eigenvalue weighted by atomic mass is 79.9. The molecule has 0 aliphatic carbocycles. The average Bonchev–Trinajstić information content (AvgIpc) is 2.34. The second kappa shape index (κ2) is 7.26. The molecule has 0 fully saturated rings. The maximum atomic E-state index is 12.7. The third-order valence-corrected chi connectivity index (χ3v) is 3.39. The van der Waals surface area contributed by atoms with Crippen molar-refractivity contribution in [2.75, 3.05) is 20.3 Å². The minimum Gasteiger partial charge on any atom is -0.383 e. The normalized spacial score (nSPS) is 13.6. The second-order valence-electron chi connectivity index (χ2n) is 4.20. The number of methoxy groups -OCH3 is 1. The van der Waals surface area contributed by atoms with Crippen LogP contribution < -0.4 is 5.32 Å². The Kier molecular flexibility index (Phi) is 6.29. The summed E-state index contributed by atoms with van der Waals surface area (Å²) in [5, 5.41) is 3.18. The summed E-state index contributed by atoms with van der Waals surface area (Å²) in [7, 11) is 1.53. The largest absolute Gasteiger partial charge is 0.416 e. The van der Waals surface area contributed by atoms with E-state index in [2.05, 4.69) is 21.2 Å². The summed E-state index contributed by atoms with van der Waals surface area (Å²) in [6.07, 6.45) is -3.44. The molecule has 0 aliphatic rings. The van der Waals surface area contributed by atoms with Gasteiger partial charge >= 0.3 is 6.18 Å². The number of hydrogen-bond donors (Lipinski definition) is 1. The topological polar surface area (TPSA) is 21.3 Å². The Morgan fingerprint density at radius 1 is 1.37 bits per heavy atom. The Hall–Kier alpha value is -0.590. The molecule has 0 bridgehead atoms. The lowest BCUT2D eigenvalue weighted by Gasteiger charge is -2.21. The van der Waals surface area contributed by atoms with Crippen molar-refractivity contribution in [2.24, 2.45) is 0 Å². The SMILES string of the molecule is CCCNC(COC)c1cc(C(F)(F)F)ccc1Br. The Morgan fingerprint density at radius 2 is 2.05 bits per heavy atom. The molecule has 0 heterocycles. The first-order valence-corrected chi connectivity index (χ1v) is 6.78. The van der Waals surface area contributed by atoms with Gasteiger partial charge in [0.15, 0.2) is 0 Å². The minimum atomic E-state index is -4.34. The van der Waals surface area contributed by atoms with E-state index in [1.54, 1.807) is 0 Å². The smallest absolute Gasteiger partial charge is 0.383 e. The number of alkyl halides is 3. The summed E-state index contributed by atoms with van der Waals surface area (Å²) < 4.78 is 43.9. The van der Waals surface area contributed by atoms with Crippen molar-refractivity contribution in [1.29, 1.82) is 0 Å². The molecule has 0 saturated carbocycles. The van der Waals surface area contributed by atoms with Crippen LogP contribution >= 0.6 is 15.9 Å². The van der Waals surface area contributed by atoms with Crippen molar-refractivity contribution < 1.29 is 17.9 Å². The number of ether oxygens (including phenoxy) is 1. The van der Waals surface area contributed by atoms with Gasteiger partial charge in [0.25, 0.3) is 0 Å². The molecule has 19 heavy (non-hydrogen) atoms. The predicted molar refractivity (Wildman–Crippen MR) is 72.1 cm³/mol. The van der Waals surface area contributed by atoms with E-state index in [4.69, 9.17) is 4.74 Å². The van der Waals surface area contributed by atoms with Crippen LogP contribution in [-0.4, -0.2) is 20.3 Å². The molecule has 1 aromatic rings. The van der Waals surface area contributed by atoms with Crippen LogP contribution in [0.15, 0.2) is 22.7 Å². The fraction of sp³-hybridized carbons (Fsp3) is 0.538. The molecule has 2 nitrogen and oxygen atoms in total. The highest BCUT2D eigenvalue weighted by Gasteiger charge is 2.31. The van der Waals surface area contributed by atoms with Crippen molar-refractivity contribution in [2.45, 2.75) is 25.6 Å². The molecule has 1 N–H and O–H groups in total. The molecule has 108 valence electrons. The molecule has 1 rings (SSSR count). The van der Waals surface area contributed by atoms with Gasteiger partial charge < -0.3 is 10.1 Å². The van der Waals surface area contributed by atoms with Crippen molar-refractivity contribution in [1.82, 2.24) is 5.32 Å². The van der Waals surface area contributed by atoms with Crippen LogP contribution in [0.5, 0.6) is 0 Å². The van der Waals surface area contributed by atoms with E-state index in [0.717, 1.165) is 25.1 Å². The third kappa shape index (κ3) is 4.78. The molecule has 1 unspecified atom stereocenters. The summed E-state index contributed by atoms with van der Waals surface area (Å²) in [4.78, 5) is 0. The minimum absolute atomic E-state index is 0.262. The molecule has 1 atom stereocenters. The first-order valence-electron chi connectivity index (χ1n) is 5.99. The van der Waals surface area contributed by atoms with Crippen molar-refractivity contribution in [3.63, 3.8) is 0 Å². The summed E-state index contributed by atoms with van der Waals surface area (Å²) in [6.45, 7) is 3.04. The first-order chi connectivity index (χ1) is 8.90. The molecule has 0 radical (unpaired) electrons. The van der Waals surface area contributed by atoms with Gasteiger partial charge in [-0.25, -0.2) is 0 Å². The van der Waals surface area contributed by atoms with Gasteiger partial charge in [-0.1, -0.05) is 22.9 Å². The van der Waals surface area contributed by atoms with Crippen molar-refractivity contribution in [3.05, 3.63) is 33.8 Å². The quantitative estimate of drug-likeness (QED) is 0.840. The lowest BCUT2D eigenvalue weighted by Crippen LogP contribution is -2.26. The van der Waals surface area contributed by atoms with Gasteiger partial charge in [-0.05, 0) is 36.7 Å². The van der Waals surface area contributed by atoms with Crippen LogP contribution in [0, 0.1) is 0 Å². The van der Waals surface area contributed by atoms with Crippen LogP contribution in [0.1, 0.15) is 30.5 Å². The highest BCUT2D eigenvalue weighted by Crippen LogP contribution is 2.34. The van der Waals surface area contributed by atoms with Crippen molar-refractivity contribution >= 4 is 15.9 Å². The van der Waals surface area contributed by atoms with Crippen molar-refractivity contribution in [3.8, 4) is 0 Å². The lowest BCUT2D eigenvalue weighted by molar-refractivity contribution is -0.137. The maximum Gasteiger partial charge on any atom is 0.416 e. The molecular formula is C13H17BrF3NO. The zero-order chi connectivity index (χ0) is 14.5. The number of hydrogen-bond acceptors (Lipinski definition) is 2. The van der Waals surface area contributed by atoms with Crippen LogP contribution in [0.2, 0.25) is 0 Å². The van der Waals surface area contributed by atoms with Crippen LogP contribution in [0.4, 0.5) is 13.2 Å². The van der Waals surface area contributed by atoms with Gasteiger partial charge in [0.05, 0.1) is 18.2 Å². The summed E-state index contributed by atoms with van der Waals surface area (Å²) >= 11 is 3.30. The van der Waals surface area contributed by atoms with E-state index in [0.29, 0.717) is 16.6 Å². The third-order valence-electron chi connectivity index (χ3n) is 2.67. The van der Waals surface area contributed by atoms with Gasteiger partial charge in [0, 0.05) is 11.6 Å². The highest BCUT2D eigenvalue weighted by molar-refractivity contribution is 9.10. The van der Waals surface area contributed by atoms with Crippen LogP contribution in [0.25, 0.3) is 0 Å². The molecule has 1 aromatic carbocycles. The Bertz CT molecular complexity index is 409. The van der Waals surface area contributed by atoms with E-state index in [-0.39, 0.29) is 6.04 Å². The molecule has 0 spiro atoms. The van der Waals surface area contributed by atoms with E-state index in [9.17, 15) is 13.2 Å². The number of rotatable bonds is 6. The van der Waals surface area contributed by atoms with E-state index in [1.165, 1.54) is 13.2 Å². The Labute approximate surface area is 119 Å². The van der Waals surface area contributed by atoms with E-state index in [1.807, 2.05) is 6.92 Å². The Balaban J connectivity index is 3.06. The first kappa shape index (κ1) is 16.5. The lowest BCUT2D eigenvalue weighted by atomic mass is 10.0. The summed E-state index contributed by atoms with van der Waals surface area (Å²) in [5.74, 6) is 0. The monoisotopic (exact) mass is 339 g/mol. The van der Waals surface area contributed by atoms with E-state index < -0.39 is 11.7 Å². The van der Waals surface area contributed by atoms with Gasteiger partial charge in [-0.15, -0.1) is 0 Å². The molecular weight excluding hydrogens is 323 g/mol. The molecule has 0 amide bonds. The zero-order valence-corrected chi connectivity index (χ0v) is 12.4. The van der Waals surface area contributed by atoms with Gasteiger partial charge in [0.1, 0.15) is 0 Å². The predicted octanol–water partition coefficient (Wildman–Crippen LogP) is 4.16. The fourth-order valence-corrected chi connectivity index (χ4v) is 2.25. The standard InChI is InChI=1S/C13H17BrF3NO/c1-3-6-18-12(8-19-2)10-7-9(13(15,16)17)4-5-11(10)14/h4-5,7,12,18H,3,6,8H2,1-2H3. The molecule has 6 heteroatoms. The van der Waals surface area contributed by atoms with Crippen LogP contribution in [0.3, 0.4) is 0 Å². The second-order valence-corrected chi connectivity index (χ2v) is 5.05. The fourth-order valence-electron chi connectivity index (χ4n) is 1.73. The summed E-state index contributed by atoms with van der Waals surface area (Å²) in [6, 6.07) is 3.39. The van der Waals surface area contributed by atoms with Crippen LogP contribution in [-0.2, 0) is 10.9 Å². The van der Waals surface area contributed by atoms with Gasteiger partial charge in [-0.3, -0.25) is 0 Å². The number of nitrogens with one attached hydrogen (secondary N) is 1. The zero-order valence-electron chi connectivity index (χ0n) is 10.9. The van der Waals surface area contributed by atoms with Gasteiger partial charge in [0.2, 0.25) is 0 Å². The number of benzene rings is 1. The summed E-state index contributed by atoms with van der Waals surface area (Å²) in [5.41, 5.74) is -0.0878. The molecule has 0 aromatic heterocycles. The average molecular weight is 340 g/mol. The molecule has 0 aliphatic heterocycles. The number of halogens is 4. The maximum absolute atomic E-state index is 12.7. The van der Waals surface area contributed by atoms with E-state index >= 15 is 0 Å². The Morgan fingerprint density at radius 3 is 2.58 bits per heavy atom. The van der Waals surface area contributed by atoms with Gasteiger partial charge in [-0.2, -0.15) is 13.2 Å².